The predicted molar refractivity (Wildman–Crippen MR) is 548 cm³/mol. The number of para-hydroxylation sites is 9. The van der Waals surface area contributed by atoms with Crippen molar-refractivity contribution in [2.24, 2.45) is 0 Å². The van der Waals surface area contributed by atoms with E-state index in [9.17, 15) is 0 Å². The maximum absolute atomic E-state index is 5.08. The fourth-order valence-corrected chi connectivity index (χ4v) is 23.7. The van der Waals surface area contributed by atoms with Crippen LogP contribution < -0.4 is 0 Å². The molecule has 0 radical (unpaired) electrons. The molecule has 28 rings (SSSR count). The summed E-state index contributed by atoms with van der Waals surface area (Å²) >= 11 is 7.25. The van der Waals surface area contributed by atoms with E-state index in [1.165, 1.54) is 180 Å². The van der Waals surface area contributed by atoms with Crippen molar-refractivity contribution in [3.05, 3.63) is 437 Å². The monoisotopic (exact) mass is 1700 g/mol. The first-order valence-electron chi connectivity index (χ1n) is 43.0. The van der Waals surface area contributed by atoms with Crippen LogP contribution in [0.1, 0.15) is 0 Å². The van der Waals surface area contributed by atoms with E-state index in [1.807, 2.05) is 35.1 Å². The van der Waals surface area contributed by atoms with E-state index in [0.717, 1.165) is 56.0 Å². The van der Waals surface area contributed by atoms with Crippen LogP contribution >= 0.6 is 45.3 Å². The van der Waals surface area contributed by atoms with E-state index in [1.54, 1.807) is 22.7 Å². The van der Waals surface area contributed by atoms with Crippen LogP contribution in [0.4, 0.5) is 0 Å². The average molecular weight is 1710 g/mol. The maximum Gasteiger partial charge on any atom is 0.0895 e. The SMILES string of the molecule is c1cc(-c2ccc3sc4ccccc4c3n2)cc(-n2c3ccccc3c3ccccc32)c1.c1cc(-c2ccnc3c2sc2ccccc23)cc(-n2c3ccccc3c3ccccc32)c1.c1ccc(-n2c3ccccc3c3ccccc32)c(-c2ccnc3c2sc2ccccc23)c1.c1ccc2c(c1)sc1ccc(-c3ccc(-n4c5ccccc5c5ccccc54)cc3)nc12. The number of rotatable bonds is 8. The van der Waals surface area contributed by atoms with Gasteiger partial charge in [-0.05, 0) is 157 Å². The van der Waals surface area contributed by atoms with Crippen molar-refractivity contribution >= 4 is 214 Å². The van der Waals surface area contributed by atoms with Gasteiger partial charge in [0.2, 0.25) is 0 Å². The smallest absolute Gasteiger partial charge is 0.0895 e. The molecule has 12 heteroatoms. The van der Waals surface area contributed by atoms with Crippen molar-refractivity contribution < 1.29 is 0 Å². The molecular weight excluding hydrogens is 1630 g/mol. The molecule has 0 aliphatic carbocycles. The number of nitrogens with zero attached hydrogens (tertiary/aromatic N) is 8. The molecule has 0 aliphatic heterocycles. The second-order valence-corrected chi connectivity index (χ2v) is 36.5. The summed E-state index contributed by atoms with van der Waals surface area (Å²) in [6.45, 7) is 0. The highest BCUT2D eigenvalue weighted by Crippen LogP contribution is 2.46. The van der Waals surface area contributed by atoms with Crippen LogP contribution in [0.2, 0.25) is 0 Å². The third-order valence-corrected chi connectivity index (χ3v) is 29.6. The summed E-state index contributed by atoms with van der Waals surface area (Å²) in [5.41, 5.74) is 28.0. The van der Waals surface area contributed by atoms with Crippen LogP contribution in [0.15, 0.2) is 437 Å². The summed E-state index contributed by atoms with van der Waals surface area (Å²) in [4.78, 5) is 19.6. The lowest BCUT2D eigenvalue weighted by molar-refractivity contribution is 1.18. The van der Waals surface area contributed by atoms with Crippen LogP contribution in [0.5, 0.6) is 0 Å². The van der Waals surface area contributed by atoms with Crippen LogP contribution in [0.25, 0.3) is 236 Å². The fourth-order valence-electron chi connectivity index (χ4n) is 19.2. The molecular formula is C116H72N8S4. The first kappa shape index (κ1) is 74.8. The van der Waals surface area contributed by atoms with E-state index in [-0.39, 0.29) is 0 Å². The highest BCUT2D eigenvalue weighted by molar-refractivity contribution is 7.27. The molecule has 28 aromatic rings. The Morgan fingerprint density at radius 3 is 0.914 bits per heavy atom. The third-order valence-electron chi connectivity index (χ3n) is 25.0. The Morgan fingerprint density at radius 2 is 0.492 bits per heavy atom. The second-order valence-electron chi connectivity index (χ2n) is 32.2. The average Bonchev–Trinajstić information content (AvgIpc) is 1.58. The zero-order valence-corrected chi connectivity index (χ0v) is 72.0. The quantitative estimate of drug-likeness (QED) is 0.152. The number of hydrogen-bond donors (Lipinski definition) is 0. The second kappa shape index (κ2) is 31.2. The molecule has 0 spiro atoms. The van der Waals surface area contributed by atoms with Crippen molar-refractivity contribution in [1.82, 2.24) is 38.2 Å². The molecule has 0 aliphatic rings. The van der Waals surface area contributed by atoms with Crippen molar-refractivity contribution in [3.63, 3.8) is 0 Å². The Bertz CT molecular complexity index is 9050. The van der Waals surface area contributed by atoms with E-state index in [0.29, 0.717) is 0 Å². The fraction of sp³-hybridized carbons (Fsp3) is 0. The molecule has 0 unspecified atom stereocenters. The lowest BCUT2D eigenvalue weighted by Gasteiger charge is -2.14. The Kier molecular flexibility index (Phi) is 18.2. The summed E-state index contributed by atoms with van der Waals surface area (Å²) in [5, 5.41) is 15.1. The normalized spacial score (nSPS) is 11.8. The summed E-state index contributed by atoms with van der Waals surface area (Å²) in [7, 11) is 0. The van der Waals surface area contributed by atoms with Gasteiger partial charge in [-0.1, -0.05) is 273 Å². The first-order valence-corrected chi connectivity index (χ1v) is 46.2. The standard InChI is InChI=1S/4C29H18N2S/c1-5-13-24-19(9-1)20-10-2-6-14-25(20)31(24)26-15-7-3-11-21(26)22-17-18-30-28-23-12-4-8-16-27(23)32-29(22)28;1-4-13-25-22(10-1)23-11-2-5-14-26(23)31(25)20-9-7-8-19(18-20)21-16-17-30-28-24-12-3-6-15-27(24)32-29(21)28;1-4-13-25-21(10-1)22-11-2-5-14-26(22)31(25)20-9-7-8-19(18-20)24-16-17-28-29(30-24)23-12-3-6-15-27(23)32-28;1-4-10-25-21(7-1)22-8-2-5-11-26(22)31(25)20-15-13-19(14-16-20)24-17-18-28-29(30-24)23-9-3-6-12-27(23)32-28/h4*1-18H. The lowest BCUT2D eigenvalue weighted by atomic mass is 10.0. The van der Waals surface area contributed by atoms with E-state index in [2.05, 4.69) is 443 Å². The van der Waals surface area contributed by atoms with Crippen molar-refractivity contribution in [2.45, 2.75) is 0 Å². The molecule has 0 amide bonds. The number of thiophene rings is 4. The van der Waals surface area contributed by atoms with E-state index < -0.39 is 0 Å². The summed E-state index contributed by atoms with van der Waals surface area (Å²) in [6, 6.07) is 151. The van der Waals surface area contributed by atoms with Gasteiger partial charge in [-0.3, -0.25) is 9.97 Å². The van der Waals surface area contributed by atoms with Gasteiger partial charge in [0.1, 0.15) is 0 Å². The molecule has 12 aromatic heterocycles. The lowest BCUT2D eigenvalue weighted by Crippen LogP contribution is -1.97. The Balaban J connectivity index is 0.0000000926. The summed E-state index contributed by atoms with van der Waals surface area (Å²) in [5.74, 6) is 0. The minimum Gasteiger partial charge on any atom is -0.309 e. The van der Waals surface area contributed by atoms with Gasteiger partial charge in [0, 0.05) is 141 Å². The number of pyridine rings is 4. The highest BCUT2D eigenvalue weighted by atomic mass is 32.1. The maximum atomic E-state index is 5.08. The van der Waals surface area contributed by atoms with E-state index in [4.69, 9.17) is 19.9 Å². The highest BCUT2D eigenvalue weighted by Gasteiger charge is 2.22. The molecule has 0 N–H and O–H groups in total. The van der Waals surface area contributed by atoms with Crippen molar-refractivity contribution in [2.75, 3.05) is 0 Å². The van der Waals surface area contributed by atoms with Crippen molar-refractivity contribution in [3.8, 4) is 67.5 Å². The van der Waals surface area contributed by atoms with Crippen LogP contribution in [-0.2, 0) is 0 Å². The minimum absolute atomic E-state index is 1.00. The molecule has 0 saturated heterocycles. The molecule has 0 atom stereocenters. The molecule has 8 nitrogen and oxygen atoms in total. The van der Waals surface area contributed by atoms with Gasteiger partial charge >= 0.3 is 0 Å². The van der Waals surface area contributed by atoms with Gasteiger partial charge in [-0.25, -0.2) is 9.97 Å². The molecule has 0 bridgehead atoms. The number of fused-ring (bicyclic) bond motifs is 24. The van der Waals surface area contributed by atoms with Gasteiger partial charge in [-0.15, -0.1) is 45.3 Å². The molecule has 12 heterocycles. The topological polar surface area (TPSA) is 71.3 Å². The number of hydrogen-bond acceptors (Lipinski definition) is 8. The minimum atomic E-state index is 1.00. The van der Waals surface area contributed by atoms with Crippen molar-refractivity contribution in [1.29, 1.82) is 0 Å². The molecule has 0 saturated carbocycles. The van der Waals surface area contributed by atoms with Gasteiger partial charge < -0.3 is 18.3 Å². The summed E-state index contributed by atoms with van der Waals surface area (Å²) in [6.07, 6.45) is 3.88. The first-order chi connectivity index (χ1) is 63.5. The van der Waals surface area contributed by atoms with Crippen LogP contribution in [0, 0.1) is 0 Å². The molecule has 0 fully saturated rings. The predicted octanol–water partition coefficient (Wildman–Crippen LogP) is 32.9. The van der Waals surface area contributed by atoms with Gasteiger partial charge in [0.05, 0.1) is 102 Å². The summed E-state index contributed by atoms with van der Waals surface area (Å²) < 4.78 is 19.5. The Morgan fingerprint density at radius 1 is 0.180 bits per heavy atom. The van der Waals surface area contributed by atoms with Gasteiger partial charge in [-0.2, -0.15) is 0 Å². The van der Waals surface area contributed by atoms with Crippen LogP contribution in [0.3, 0.4) is 0 Å². The Labute approximate surface area is 750 Å². The zero-order valence-electron chi connectivity index (χ0n) is 68.8. The molecule has 600 valence electrons. The molecule has 128 heavy (non-hydrogen) atoms. The largest absolute Gasteiger partial charge is 0.309 e. The molecule has 16 aromatic carbocycles. The van der Waals surface area contributed by atoms with Gasteiger partial charge in [0.15, 0.2) is 0 Å². The number of aromatic nitrogens is 8. The van der Waals surface area contributed by atoms with Gasteiger partial charge in [0.25, 0.3) is 0 Å². The Hall–Kier alpha value is -15.8. The van der Waals surface area contributed by atoms with Crippen LogP contribution in [-0.4, -0.2) is 38.2 Å². The third kappa shape index (κ3) is 12.6. The number of benzene rings is 16. The zero-order chi connectivity index (χ0) is 84.3. The van der Waals surface area contributed by atoms with E-state index >= 15 is 0 Å².